The largest absolute Gasteiger partial charge is 0.342 e. The molecule has 0 aliphatic rings. The Labute approximate surface area is 207 Å². The molecule has 0 radical (unpaired) electrons. The summed E-state index contributed by atoms with van der Waals surface area (Å²) < 4.78 is 28.4. The Morgan fingerprint density at radius 3 is 1.81 bits per heavy atom. The van der Waals surface area contributed by atoms with Gasteiger partial charge in [-0.1, -0.05) is 42.0 Å². The van der Waals surface area contributed by atoms with E-state index in [-0.39, 0.29) is 35.1 Å². The van der Waals surface area contributed by atoms with Gasteiger partial charge in [0.2, 0.25) is 23.8 Å². The van der Waals surface area contributed by atoms with Crippen molar-refractivity contribution in [1.29, 1.82) is 0 Å². The topological polar surface area (TPSA) is 104 Å². The summed E-state index contributed by atoms with van der Waals surface area (Å²) in [4.78, 5) is 25.6. The highest BCUT2D eigenvalue weighted by atomic mass is 19.1. The number of carbonyl (C=O) groups excluding carboxylic acids is 1. The number of carbonyl (C=O) groups is 1. The van der Waals surface area contributed by atoms with Crippen LogP contribution in [0.3, 0.4) is 0 Å². The molecule has 0 fully saturated rings. The molecule has 0 spiro atoms. The molecule has 0 aliphatic carbocycles. The van der Waals surface area contributed by atoms with Gasteiger partial charge in [0.15, 0.2) is 0 Å². The minimum absolute atomic E-state index is 0.00146. The summed E-state index contributed by atoms with van der Waals surface area (Å²) in [5.41, 5.74) is 3.01. The van der Waals surface area contributed by atoms with E-state index in [9.17, 15) is 13.6 Å². The molecule has 0 unspecified atom stereocenters. The zero-order valence-electron chi connectivity index (χ0n) is 19.9. The molecule has 36 heavy (non-hydrogen) atoms. The Balaban J connectivity index is 1.58. The normalized spacial score (nSPS) is 11.5. The van der Waals surface area contributed by atoms with Crippen molar-refractivity contribution in [3.63, 3.8) is 0 Å². The van der Waals surface area contributed by atoms with Crippen molar-refractivity contribution in [3.8, 4) is 0 Å². The van der Waals surface area contributed by atoms with E-state index in [0.29, 0.717) is 5.69 Å². The number of hydrogen-bond acceptors (Lipinski definition) is 7. The van der Waals surface area contributed by atoms with Crippen LogP contribution < -0.4 is 21.3 Å². The number of benzene rings is 3. The van der Waals surface area contributed by atoms with Crippen LogP contribution in [-0.2, 0) is 4.79 Å². The maximum atomic E-state index is 14.2. The average Bonchev–Trinajstić information content (AvgIpc) is 2.83. The molecule has 4 rings (SSSR count). The summed E-state index contributed by atoms with van der Waals surface area (Å²) in [6.45, 7) is 5.54. The average molecular weight is 490 g/mol. The van der Waals surface area contributed by atoms with E-state index in [4.69, 9.17) is 0 Å². The van der Waals surface area contributed by atoms with Crippen molar-refractivity contribution < 1.29 is 13.6 Å². The van der Waals surface area contributed by atoms with Gasteiger partial charge < -0.3 is 21.3 Å². The third-order valence-electron chi connectivity index (χ3n) is 5.25. The molecule has 184 valence electrons. The maximum Gasteiger partial charge on any atom is 0.246 e. The number of aryl methyl sites for hydroxylation is 2. The molecule has 4 N–H and O–H groups in total. The van der Waals surface area contributed by atoms with Crippen molar-refractivity contribution in [2.75, 3.05) is 21.3 Å². The lowest BCUT2D eigenvalue weighted by molar-refractivity contribution is -0.116. The number of rotatable bonds is 8. The van der Waals surface area contributed by atoms with Gasteiger partial charge in [-0.25, -0.2) is 8.78 Å². The second-order valence-corrected chi connectivity index (χ2v) is 8.19. The van der Waals surface area contributed by atoms with Gasteiger partial charge in [-0.05, 0) is 56.7 Å². The lowest BCUT2D eigenvalue weighted by Crippen LogP contribution is -2.33. The first-order chi connectivity index (χ1) is 17.3. The molecule has 1 heterocycles. The van der Waals surface area contributed by atoms with E-state index in [1.54, 1.807) is 31.2 Å². The lowest BCUT2D eigenvalue weighted by atomic mass is 10.1. The fraction of sp³-hybridized carbons (Fsp3) is 0.154. The highest BCUT2D eigenvalue weighted by molar-refractivity contribution is 5.96. The molecule has 4 aromatic rings. The number of amides is 1. The van der Waals surface area contributed by atoms with Gasteiger partial charge in [0, 0.05) is 5.69 Å². The van der Waals surface area contributed by atoms with Gasteiger partial charge in [0.1, 0.15) is 17.7 Å². The number of nitrogens with zero attached hydrogens (tertiary/aromatic N) is 3. The van der Waals surface area contributed by atoms with Crippen molar-refractivity contribution in [2.45, 2.75) is 26.8 Å². The molecule has 1 atom stereocenters. The van der Waals surface area contributed by atoms with E-state index in [1.807, 2.05) is 32.0 Å². The molecule has 1 amide bonds. The molecule has 0 saturated carbocycles. The van der Waals surface area contributed by atoms with Crippen LogP contribution in [0.15, 0.2) is 66.7 Å². The van der Waals surface area contributed by atoms with Gasteiger partial charge in [-0.15, -0.1) is 0 Å². The van der Waals surface area contributed by atoms with E-state index >= 15 is 0 Å². The summed E-state index contributed by atoms with van der Waals surface area (Å²) in [5.74, 6) is -1.29. The first-order valence-corrected chi connectivity index (χ1v) is 11.2. The van der Waals surface area contributed by atoms with Crippen molar-refractivity contribution in [3.05, 3.63) is 89.5 Å². The first kappa shape index (κ1) is 24.5. The van der Waals surface area contributed by atoms with Crippen molar-refractivity contribution in [1.82, 2.24) is 15.0 Å². The molecular formula is C26H25F2N7O. The lowest BCUT2D eigenvalue weighted by Gasteiger charge is -2.17. The Bertz CT molecular complexity index is 1330. The quantitative estimate of drug-likeness (QED) is 0.252. The summed E-state index contributed by atoms with van der Waals surface area (Å²) in [6.07, 6.45) is 0. The number of aromatic nitrogens is 3. The first-order valence-electron chi connectivity index (χ1n) is 11.2. The number of halogens is 2. The van der Waals surface area contributed by atoms with Crippen LogP contribution in [0.5, 0.6) is 0 Å². The number of hydrogen-bond donors (Lipinski definition) is 4. The van der Waals surface area contributed by atoms with Gasteiger partial charge in [-0.3, -0.25) is 4.79 Å². The Kier molecular flexibility index (Phi) is 7.33. The van der Waals surface area contributed by atoms with E-state index < -0.39 is 17.7 Å². The molecule has 1 aromatic heterocycles. The van der Waals surface area contributed by atoms with Crippen molar-refractivity contribution >= 4 is 40.8 Å². The molecular weight excluding hydrogens is 464 g/mol. The van der Waals surface area contributed by atoms with Crippen LogP contribution in [0.4, 0.5) is 43.7 Å². The third-order valence-corrected chi connectivity index (χ3v) is 5.25. The van der Waals surface area contributed by atoms with Gasteiger partial charge in [0.25, 0.3) is 0 Å². The summed E-state index contributed by atoms with van der Waals surface area (Å²) in [5, 5.41) is 11.4. The fourth-order valence-electron chi connectivity index (χ4n) is 3.37. The monoisotopic (exact) mass is 489 g/mol. The minimum Gasteiger partial charge on any atom is -0.342 e. The molecule has 0 saturated heterocycles. The summed E-state index contributed by atoms with van der Waals surface area (Å²) in [7, 11) is 0. The Morgan fingerprint density at radius 2 is 1.28 bits per heavy atom. The smallest absolute Gasteiger partial charge is 0.246 e. The number of nitrogens with one attached hydrogen (secondary N) is 4. The Hall–Kier alpha value is -4.60. The molecule has 10 heteroatoms. The summed E-state index contributed by atoms with van der Waals surface area (Å²) in [6, 6.07) is 17.0. The highest BCUT2D eigenvalue weighted by Gasteiger charge is 2.17. The van der Waals surface area contributed by atoms with Crippen LogP contribution in [0.2, 0.25) is 0 Å². The second kappa shape index (κ2) is 10.8. The zero-order valence-corrected chi connectivity index (χ0v) is 19.9. The fourth-order valence-corrected chi connectivity index (χ4v) is 3.37. The molecule has 0 bridgehead atoms. The predicted octanol–water partition coefficient (Wildman–Crippen LogP) is 5.69. The van der Waals surface area contributed by atoms with Crippen LogP contribution in [0.25, 0.3) is 0 Å². The van der Waals surface area contributed by atoms with Crippen molar-refractivity contribution in [2.24, 2.45) is 0 Å². The zero-order chi connectivity index (χ0) is 25.7. The van der Waals surface area contributed by atoms with Gasteiger partial charge >= 0.3 is 0 Å². The maximum absolute atomic E-state index is 14.2. The molecule has 0 aliphatic heterocycles. The van der Waals surface area contributed by atoms with Crippen LogP contribution in [0.1, 0.15) is 18.1 Å². The number of para-hydroxylation sites is 2. The highest BCUT2D eigenvalue weighted by Crippen LogP contribution is 2.22. The molecule has 8 nitrogen and oxygen atoms in total. The van der Waals surface area contributed by atoms with Gasteiger partial charge in [-0.2, -0.15) is 15.0 Å². The summed E-state index contributed by atoms with van der Waals surface area (Å²) >= 11 is 0. The van der Waals surface area contributed by atoms with Crippen LogP contribution >= 0.6 is 0 Å². The number of anilines is 6. The standard InChI is InChI=1S/C26H25F2N7O/c1-15-12-13-20(16(2)14-15)30-23(36)17(3)29-24-33-25(31-21-10-6-4-8-18(21)27)35-26(34-24)32-22-11-7-5-9-19(22)28/h4-14,17H,1-3H3,(H,30,36)(H3,29,31,32,33,34,35)/t17-/m0/s1. The Morgan fingerprint density at radius 1 is 0.750 bits per heavy atom. The van der Waals surface area contributed by atoms with E-state index in [0.717, 1.165) is 11.1 Å². The van der Waals surface area contributed by atoms with Gasteiger partial charge in [0.05, 0.1) is 11.4 Å². The third kappa shape index (κ3) is 6.09. The van der Waals surface area contributed by atoms with Crippen LogP contribution in [0, 0.1) is 25.5 Å². The second-order valence-electron chi connectivity index (χ2n) is 8.19. The SMILES string of the molecule is Cc1ccc(NC(=O)[C@H](C)Nc2nc(Nc3ccccc3F)nc(Nc3ccccc3F)n2)c(C)c1. The van der Waals surface area contributed by atoms with E-state index in [1.165, 1.54) is 24.3 Å². The van der Waals surface area contributed by atoms with E-state index in [2.05, 4.69) is 36.2 Å². The van der Waals surface area contributed by atoms with Crippen LogP contribution in [-0.4, -0.2) is 26.9 Å². The molecule has 3 aromatic carbocycles. The minimum atomic E-state index is -0.740. The predicted molar refractivity (Wildman–Crippen MR) is 137 cm³/mol.